The van der Waals surface area contributed by atoms with Crippen LogP contribution in [-0.2, 0) is 0 Å². The summed E-state index contributed by atoms with van der Waals surface area (Å²) in [5.74, 6) is 0.459. The number of nitrogens with zero attached hydrogens (tertiary/aromatic N) is 1. The third-order valence-electron chi connectivity index (χ3n) is 2.47. The van der Waals surface area contributed by atoms with Crippen LogP contribution in [0.4, 0.5) is 0 Å². The Bertz CT molecular complexity index is 442. The molecule has 0 unspecified atom stereocenters. The average Bonchev–Trinajstić information content (AvgIpc) is 2.37. The van der Waals surface area contributed by atoms with E-state index in [0.717, 1.165) is 25.1 Å². The van der Waals surface area contributed by atoms with Crippen molar-refractivity contribution in [2.45, 2.75) is 13.3 Å². The summed E-state index contributed by atoms with van der Waals surface area (Å²) in [7, 11) is 0. The molecule has 90 valence electrons. The first kappa shape index (κ1) is 11.4. The van der Waals surface area contributed by atoms with E-state index in [4.69, 9.17) is 0 Å². The lowest BCUT2D eigenvalue weighted by molar-refractivity contribution is 0.0943. The fraction of sp³-hybridized carbons (Fsp3) is 0.333. The fourth-order valence-corrected chi connectivity index (χ4v) is 1.59. The molecule has 2 rings (SSSR count). The average molecular weight is 232 g/mol. The molecule has 1 aliphatic rings. The molecule has 1 amide bonds. The summed E-state index contributed by atoms with van der Waals surface area (Å²) in [5.41, 5.74) is 7.09. The molecule has 1 aliphatic heterocycles. The van der Waals surface area contributed by atoms with Crippen LogP contribution in [0.15, 0.2) is 29.3 Å². The summed E-state index contributed by atoms with van der Waals surface area (Å²) < 4.78 is 0. The Hall–Kier alpha value is -2.04. The van der Waals surface area contributed by atoms with Gasteiger partial charge >= 0.3 is 0 Å². The van der Waals surface area contributed by atoms with E-state index in [0.29, 0.717) is 11.5 Å². The number of aryl methyl sites for hydroxylation is 1. The van der Waals surface area contributed by atoms with Crippen molar-refractivity contribution in [3.63, 3.8) is 0 Å². The second-order valence-electron chi connectivity index (χ2n) is 3.96. The highest BCUT2D eigenvalue weighted by atomic mass is 16.2. The highest BCUT2D eigenvalue weighted by Gasteiger charge is 2.07. The third-order valence-corrected chi connectivity index (χ3v) is 2.47. The number of carbonyl (C=O) groups excluding carboxylic acids is 1. The molecule has 0 atom stereocenters. The van der Waals surface area contributed by atoms with Crippen LogP contribution >= 0.6 is 0 Å². The summed E-state index contributed by atoms with van der Waals surface area (Å²) >= 11 is 0. The Morgan fingerprint density at radius 1 is 1.47 bits per heavy atom. The predicted octanol–water partition coefficient (Wildman–Crippen LogP) is 0.579. The monoisotopic (exact) mass is 232 g/mol. The quantitative estimate of drug-likeness (QED) is 0.620. The third kappa shape index (κ3) is 3.21. The largest absolute Gasteiger partial charge is 0.355 e. The molecule has 17 heavy (non-hydrogen) atoms. The zero-order valence-electron chi connectivity index (χ0n) is 9.79. The molecule has 0 spiro atoms. The van der Waals surface area contributed by atoms with Gasteiger partial charge in [-0.1, -0.05) is 17.7 Å². The summed E-state index contributed by atoms with van der Waals surface area (Å²) in [5, 5.41) is 3.06. The number of rotatable bonds is 1. The van der Waals surface area contributed by atoms with Crippen LogP contribution in [0, 0.1) is 6.92 Å². The second kappa shape index (κ2) is 5.34. The Morgan fingerprint density at radius 2 is 2.35 bits per heavy atom. The van der Waals surface area contributed by atoms with E-state index in [-0.39, 0.29) is 5.91 Å². The van der Waals surface area contributed by atoms with Crippen molar-refractivity contribution in [1.29, 1.82) is 0 Å². The molecule has 0 fully saturated rings. The molecule has 5 nitrogen and oxygen atoms in total. The lowest BCUT2D eigenvalue weighted by atomic mass is 10.1. The maximum Gasteiger partial charge on any atom is 0.269 e. The van der Waals surface area contributed by atoms with Crippen LogP contribution < -0.4 is 16.2 Å². The Labute approximate surface area is 100 Å². The number of hydrazine groups is 1. The first-order chi connectivity index (χ1) is 8.25. The summed E-state index contributed by atoms with van der Waals surface area (Å²) in [6.45, 7) is 3.62. The van der Waals surface area contributed by atoms with Crippen LogP contribution in [0.1, 0.15) is 22.3 Å². The molecule has 0 radical (unpaired) electrons. The van der Waals surface area contributed by atoms with E-state index in [2.05, 4.69) is 21.2 Å². The van der Waals surface area contributed by atoms with Gasteiger partial charge in [-0.05, 0) is 25.5 Å². The van der Waals surface area contributed by atoms with Gasteiger partial charge in [-0.25, -0.2) is 0 Å². The maximum absolute atomic E-state index is 11.8. The van der Waals surface area contributed by atoms with Crippen LogP contribution in [-0.4, -0.2) is 25.0 Å². The van der Waals surface area contributed by atoms with Gasteiger partial charge in [0.15, 0.2) is 0 Å². The van der Waals surface area contributed by atoms with Crippen LogP contribution in [0.5, 0.6) is 0 Å². The molecule has 0 aromatic heterocycles. The first-order valence-electron chi connectivity index (χ1n) is 5.67. The number of hydrogen-bond acceptors (Lipinski definition) is 4. The van der Waals surface area contributed by atoms with Gasteiger partial charge in [-0.15, -0.1) is 0 Å². The maximum atomic E-state index is 11.8. The van der Waals surface area contributed by atoms with Gasteiger partial charge in [-0.2, -0.15) is 0 Å². The zero-order valence-corrected chi connectivity index (χ0v) is 9.79. The minimum Gasteiger partial charge on any atom is -0.355 e. The van der Waals surface area contributed by atoms with Crippen molar-refractivity contribution >= 4 is 11.9 Å². The number of carbonyl (C=O) groups is 1. The van der Waals surface area contributed by atoms with Crippen molar-refractivity contribution in [2.75, 3.05) is 13.1 Å². The lowest BCUT2D eigenvalue weighted by Gasteiger charge is -2.16. The number of guanidine groups is 1. The van der Waals surface area contributed by atoms with Crippen molar-refractivity contribution in [1.82, 2.24) is 16.2 Å². The van der Waals surface area contributed by atoms with Crippen molar-refractivity contribution < 1.29 is 4.79 Å². The van der Waals surface area contributed by atoms with E-state index < -0.39 is 0 Å². The summed E-state index contributed by atoms with van der Waals surface area (Å²) in [4.78, 5) is 16.0. The highest BCUT2D eigenvalue weighted by molar-refractivity contribution is 5.95. The van der Waals surface area contributed by atoms with E-state index in [1.54, 1.807) is 6.07 Å². The Kier molecular flexibility index (Phi) is 3.59. The van der Waals surface area contributed by atoms with Crippen LogP contribution in [0.25, 0.3) is 0 Å². The van der Waals surface area contributed by atoms with Gasteiger partial charge in [0, 0.05) is 18.7 Å². The van der Waals surface area contributed by atoms with Gasteiger partial charge in [0.05, 0.1) is 0 Å². The normalized spacial score (nSPS) is 14.5. The SMILES string of the molecule is Cc1cccc(C(=O)NNC2=NCCCN2)c1. The van der Waals surface area contributed by atoms with E-state index in [1.165, 1.54) is 0 Å². The number of amides is 1. The smallest absolute Gasteiger partial charge is 0.269 e. The molecule has 5 heteroatoms. The topological polar surface area (TPSA) is 65.5 Å². The molecular formula is C12H16N4O. The van der Waals surface area contributed by atoms with E-state index >= 15 is 0 Å². The number of nitrogens with one attached hydrogen (secondary N) is 3. The van der Waals surface area contributed by atoms with Gasteiger partial charge < -0.3 is 5.32 Å². The second-order valence-corrected chi connectivity index (χ2v) is 3.96. The van der Waals surface area contributed by atoms with Crippen LogP contribution in [0.2, 0.25) is 0 Å². The number of aliphatic imine (C=N–C) groups is 1. The van der Waals surface area contributed by atoms with Crippen molar-refractivity contribution in [3.05, 3.63) is 35.4 Å². The fourth-order valence-electron chi connectivity index (χ4n) is 1.59. The first-order valence-corrected chi connectivity index (χ1v) is 5.67. The lowest BCUT2D eigenvalue weighted by Crippen LogP contribution is -2.49. The predicted molar refractivity (Wildman–Crippen MR) is 66.7 cm³/mol. The molecule has 0 saturated heterocycles. The highest BCUT2D eigenvalue weighted by Crippen LogP contribution is 2.02. The molecular weight excluding hydrogens is 216 g/mol. The summed E-state index contributed by atoms with van der Waals surface area (Å²) in [6.07, 6.45) is 1.02. The molecule has 1 aromatic rings. The molecule has 1 aromatic carbocycles. The van der Waals surface area contributed by atoms with Crippen molar-refractivity contribution in [2.24, 2.45) is 4.99 Å². The van der Waals surface area contributed by atoms with Crippen LogP contribution in [0.3, 0.4) is 0 Å². The minimum absolute atomic E-state index is 0.163. The minimum atomic E-state index is -0.163. The molecule has 0 saturated carbocycles. The zero-order chi connectivity index (χ0) is 12.1. The van der Waals surface area contributed by atoms with Gasteiger partial charge in [-0.3, -0.25) is 20.6 Å². The number of hydrogen-bond donors (Lipinski definition) is 3. The van der Waals surface area contributed by atoms with E-state index in [9.17, 15) is 4.79 Å². The van der Waals surface area contributed by atoms with Gasteiger partial charge in [0.25, 0.3) is 5.91 Å². The number of benzene rings is 1. The standard InChI is InChI=1S/C12H16N4O/c1-9-4-2-5-10(8-9)11(17)15-16-12-13-6-3-7-14-12/h2,4-5,8H,3,6-7H2,1H3,(H,15,17)(H2,13,14,16). The molecule has 0 aliphatic carbocycles. The molecule has 1 heterocycles. The summed E-state index contributed by atoms with van der Waals surface area (Å²) in [6, 6.07) is 7.44. The molecule has 0 bridgehead atoms. The van der Waals surface area contributed by atoms with Crippen molar-refractivity contribution in [3.8, 4) is 0 Å². The van der Waals surface area contributed by atoms with Gasteiger partial charge in [0.1, 0.15) is 0 Å². The Morgan fingerprint density at radius 3 is 3.06 bits per heavy atom. The Balaban J connectivity index is 1.91. The van der Waals surface area contributed by atoms with Gasteiger partial charge in [0.2, 0.25) is 5.96 Å². The molecule has 3 N–H and O–H groups in total. The van der Waals surface area contributed by atoms with E-state index in [1.807, 2.05) is 25.1 Å².